The molecule has 1 heteroatoms. The van der Waals surface area contributed by atoms with Crippen molar-refractivity contribution in [2.75, 3.05) is 0 Å². The van der Waals surface area contributed by atoms with Gasteiger partial charge in [0.15, 0.2) is 0 Å². The third-order valence-corrected chi connectivity index (χ3v) is 1.33. The molecule has 0 N–H and O–H groups in total. The molecule has 0 radical (unpaired) electrons. The van der Waals surface area contributed by atoms with Gasteiger partial charge < -0.3 is 0 Å². The zero-order chi connectivity index (χ0) is 8.36. The van der Waals surface area contributed by atoms with Gasteiger partial charge >= 0.3 is 29.2 Å². The van der Waals surface area contributed by atoms with Crippen LogP contribution < -0.4 is 0 Å². The van der Waals surface area contributed by atoms with Crippen molar-refractivity contribution in [3.05, 3.63) is 24.3 Å². The molecule has 1 aliphatic rings. The van der Waals surface area contributed by atoms with Crippen LogP contribution in [0.3, 0.4) is 0 Å². The molecule has 0 aliphatic heterocycles. The molecule has 1 aliphatic carbocycles. The van der Waals surface area contributed by atoms with Crippen LogP contribution in [0.2, 0.25) is 10.6 Å². The summed E-state index contributed by atoms with van der Waals surface area (Å²) in [6.07, 6.45) is 14.0. The number of hydrogen-bond donors (Lipinski definition) is 0. The van der Waals surface area contributed by atoms with E-state index in [2.05, 4.69) is 34.9 Å². The van der Waals surface area contributed by atoms with Gasteiger partial charge in [-0.25, -0.2) is 0 Å². The van der Waals surface area contributed by atoms with E-state index in [1.165, 1.54) is 25.7 Å². The van der Waals surface area contributed by atoms with Gasteiger partial charge in [0.05, 0.1) is 0 Å². The molecule has 0 amide bonds. The van der Waals surface area contributed by atoms with Crippen molar-refractivity contribution in [2.45, 2.75) is 36.3 Å². The summed E-state index contributed by atoms with van der Waals surface area (Å²) < 4.78 is 0. The van der Waals surface area contributed by atoms with Crippen LogP contribution in [0.25, 0.3) is 0 Å². The molecule has 0 fully saturated rings. The Labute approximate surface area is 79.3 Å². The van der Waals surface area contributed by atoms with E-state index < -0.39 is 0 Å². The summed E-state index contributed by atoms with van der Waals surface area (Å²) in [7, 11) is 0. The molecule has 0 aromatic rings. The molecule has 1 rings (SSSR count). The Morgan fingerprint density at radius 2 is 0.909 bits per heavy atom. The van der Waals surface area contributed by atoms with Crippen LogP contribution in [-0.4, -0.2) is 0 Å². The van der Waals surface area contributed by atoms with Crippen molar-refractivity contribution < 1.29 is 18.6 Å². The van der Waals surface area contributed by atoms with Gasteiger partial charge in [-0.1, -0.05) is 24.3 Å². The van der Waals surface area contributed by atoms with Crippen molar-refractivity contribution in [1.29, 1.82) is 0 Å². The first kappa shape index (κ1) is 11.2. The first-order valence-electron chi connectivity index (χ1n) is 3.93. The second kappa shape index (κ2) is 10.2. The first-order chi connectivity index (χ1) is 5.41. The fraction of sp³-hybridized carbons (Fsp3) is 0.600. The van der Waals surface area contributed by atoms with Crippen LogP contribution in [0.4, 0.5) is 0 Å². The molecule has 0 aromatic heterocycles. The van der Waals surface area contributed by atoms with Crippen molar-refractivity contribution in [3.63, 3.8) is 0 Å². The summed E-state index contributed by atoms with van der Waals surface area (Å²) in [6.45, 7) is 0. The van der Waals surface area contributed by atoms with Crippen LogP contribution in [0.15, 0.2) is 24.3 Å². The average Bonchev–Trinajstić information content (AvgIpc) is 1.86. The van der Waals surface area contributed by atoms with Crippen molar-refractivity contribution in [2.24, 2.45) is 0 Å². The van der Waals surface area contributed by atoms with Crippen molar-refractivity contribution in [3.8, 4) is 0 Å². The van der Waals surface area contributed by atoms with Gasteiger partial charge in [0.2, 0.25) is 0 Å². The standard InChI is InChI=1S/C8H12.2CH3.Pt/c1-2-4-6-8-7-5-3-1;;;/h1-2,7-8H,3-6H2;2*1H3;/b2-1-,8-7-;;;. The molecule has 68 valence electrons. The average molecular weight is 333 g/mol. The Morgan fingerprint density at radius 1 is 0.727 bits per heavy atom. The van der Waals surface area contributed by atoms with Crippen molar-refractivity contribution in [1.82, 2.24) is 0 Å². The Bertz CT molecular complexity index is 88.0. The molecule has 11 heavy (non-hydrogen) atoms. The Morgan fingerprint density at radius 3 is 1.09 bits per heavy atom. The molecular formula is C10H18Pt. The van der Waals surface area contributed by atoms with Crippen LogP contribution in [0.5, 0.6) is 0 Å². The van der Waals surface area contributed by atoms with Crippen LogP contribution in [0.1, 0.15) is 25.7 Å². The van der Waals surface area contributed by atoms with E-state index in [1.807, 2.05) is 0 Å². The summed E-state index contributed by atoms with van der Waals surface area (Å²) in [5.74, 6) is 0. The Kier molecular flexibility index (Phi) is 10.3. The quantitative estimate of drug-likeness (QED) is 0.591. The van der Waals surface area contributed by atoms with E-state index in [9.17, 15) is 0 Å². The number of rotatable bonds is 0. The molecule has 0 nitrogen and oxygen atoms in total. The van der Waals surface area contributed by atoms with E-state index >= 15 is 0 Å². The van der Waals surface area contributed by atoms with Gasteiger partial charge in [-0.05, 0) is 25.7 Å². The minimum atomic E-state index is 0.583. The van der Waals surface area contributed by atoms with E-state index in [4.69, 9.17) is 0 Å². The normalized spacial score (nSPS) is 22.4. The van der Waals surface area contributed by atoms with Gasteiger partial charge in [0.1, 0.15) is 0 Å². The first-order valence-corrected chi connectivity index (χ1v) is 8.48. The van der Waals surface area contributed by atoms with E-state index in [0.29, 0.717) is 18.6 Å². The summed E-state index contributed by atoms with van der Waals surface area (Å²) >= 11 is 0.583. The maximum atomic E-state index is 2.27. The summed E-state index contributed by atoms with van der Waals surface area (Å²) in [4.78, 5) is 0. The number of allylic oxidation sites excluding steroid dienone is 4. The van der Waals surface area contributed by atoms with E-state index in [-0.39, 0.29) is 0 Å². The van der Waals surface area contributed by atoms with Crippen LogP contribution in [0, 0.1) is 0 Å². The molecule has 0 saturated carbocycles. The predicted octanol–water partition coefficient (Wildman–Crippen LogP) is 3.84. The van der Waals surface area contributed by atoms with Gasteiger partial charge in [0.25, 0.3) is 0 Å². The van der Waals surface area contributed by atoms with Gasteiger partial charge in [-0.15, -0.1) is 0 Å². The van der Waals surface area contributed by atoms with E-state index in [0.717, 1.165) is 0 Å². The third kappa shape index (κ3) is 10.2. The fourth-order valence-corrected chi connectivity index (χ4v) is 0.856. The third-order valence-electron chi connectivity index (χ3n) is 1.33. The molecule has 0 spiro atoms. The second-order valence-electron chi connectivity index (χ2n) is 2.41. The van der Waals surface area contributed by atoms with E-state index in [1.54, 1.807) is 0 Å². The number of hydrogen-bond acceptors (Lipinski definition) is 0. The summed E-state index contributed by atoms with van der Waals surface area (Å²) in [6, 6.07) is 0. The molecule has 0 unspecified atom stereocenters. The molecule has 0 heterocycles. The van der Waals surface area contributed by atoms with Crippen LogP contribution in [-0.2, 0) is 18.6 Å². The fourth-order valence-electron chi connectivity index (χ4n) is 0.856. The summed E-state index contributed by atoms with van der Waals surface area (Å²) in [5, 5.41) is 4.47. The molecule has 0 atom stereocenters. The van der Waals surface area contributed by atoms with Crippen molar-refractivity contribution >= 4 is 0 Å². The van der Waals surface area contributed by atoms with Gasteiger partial charge in [-0.3, -0.25) is 0 Å². The topological polar surface area (TPSA) is 0 Å². The SMILES string of the molecule is C1=C\CC/C=C\CC/1.[CH3][Pt][CH3]. The van der Waals surface area contributed by atoms with Gasteiger partial charge in [0, 0.05) is 0 Å². The molecule has 0 bridgehead atoms. The summed E-state index contributed by atoms with van der Waals surface area (Å²) in [5.41, 5.74) is 0. The van der Waals surface area contributed by atoms with Gasteiger partial charge in [-0.2, -0.15) is 0 Å². The Hall–Kier alpha value is 0.168. The molecule has 0 saturated heterocycles. The zero-order valence-corrected chi connectivity index (χ0v) is 9.73. The maximum absolute atomic E-state index is 2.27. The zero-order valence-electron chi connectivity index (χ0n) is 7.45. The van der Waals surface area contributed by atoms with Crippen LogP contribution >= 0.6 is 0 Å². The monoisotopic (exact) mass is 333 g/mol. The Balaban J connectivity index is 0.000000292. The minimum absolute atomic E-state index is 0.583. The second-order valence-corrected chi connectivity index (χ2v) is 4.69. The molecular weight excluding hydrogens is 315 g/mol. The predicted molar refractivity (Wildman–Crippen MR) is 48.5 cm³/mol. The molecule has 0 aromatic carbocycles.